The summed E-state index contributed by atoms with van der Waals surface area (Å²) in [6.07, 6.45) is 0. The quantitative estimate of drug-likeness (QED) is 0.184. The van der Waals surface area contributed by atoms with E-state index < -0.39 is 11.1 Å². The predicted octanol–water partition coefficient (Wildman–Crippen LogP) is 7.29. The second kappa shape index (κ2) is 13.6. The Kier molecular flexibility index (Phi) is 14.4. The van der Waals surface area contributed by atoms with Gasteiger partial charge in [0.15, 0.2) is 5.78 Å². The van der Waals surface area contributed by atoms with Crippen molar-refractivity contribution in [2.24, 2.45) is 0 Å². The predicted molar refractivity (Wildman–Crippen MR) is 105 cm³/mol. The van der Waals surface area contributed by atoms with Crippen LogP contribution in [0.4, 0.5) is 8.78 Å². The SMILES string of the molecule is CC(=O)c1cc(C)c(F)cc1Cl.Cc1cc(C(=O)Cl)c(Cl)cc1F.[CH3-].[Cl][Zn+]. The molecule has 0 unspecified atom stereocenters. The molecule has 0 N–H and O–H groups in total. The van der Waals surface area contributed by atoms with Gasteiger partial charge in [-0.2, -0.15) is 0 Å². The molecule has 0 amide bonds. The molecule has 0 saturated heterocycles. The molecule has 2 rings (SSSR count). The molecule has 0 atom stereocenters. The molecule has 0 bridgehead atoms. The van der Waals surface area contributed by atoms with Crippen molar-refractivity contribution >= 4 is 55.5 Å². The molecule has 0 saturated carbocycles. The van der Waals surface area contributed by atoms with Crippen LogP contribution in [0.3, 0.4) is 0 Å². The minimum atomic E-state index is -0.678. The first-order chi connectivity index (χ1) is 12.0. The number of Topliss-reactive ketones (excluding diaryl/α,β-unsaturated/α-hetero) is 1. The number of aryl methyl sites for hydroxylation is 2. The molecule has 0 spiro atoms. The van der Waals surface area contributed by atoms with E-state index in [0.29, 0.717) is 16.7 Å². The molecule has 27 heavy (non-hydrogen) atoms. The van der Waals surface area contributed by atoms with Gasteiger partial charge in [-0.25, -0.2) is 8.78 Å². The topological polar surface area (TPSA) is 34.1 Å². The number of hydrogen-bond acceptors (Lipinski definition) is 2. The van der Waals surface area contributed by atoms with Crippen LogP contribution in [-0.2, 0) is 17.3 Å². The Morgan fingerprint density at radius 2 is 1.19 bits per heavy atom. The zero-order valence-corrected chi connectivity index (χ0v) is 21.1. The second-order valence-corrected chi connectivity index (χ2v) is 6.15. The number of rotatable bonds is 2. The van der Waals surface area contributed by atoms with Crippen LogP contribution in [0.25, 0.3) is 0 Å². The van der Waals surface area contributed by atoms with Crippen molar-refractivity contribution in [1.29, 1.82) is 0 Å². The van der Waals surface area contributed by atoms with Gasteiger partial charge in [0.05, 0.1) is 15.6 Å². The second-order valence-electron chi connectivity index (χ2n) is 4.99. The Morgan fingerprint density at radius 3 is 1.52 bits per heavy atom. The van der Waals surface area contributed by atoms with E-state index in [1.54, 1.807) is 6.92 Å². The average Bonchev–Trinajstić information content (AvgIpc) is 2.56. The van der Waals surface area contributed by atoms with Crippen LogP contribution in [-0.4, -0.2) is 11.0 Å². The van der Waals surface area contributed by atoms with Crippen molar-refractivity contribution in [3.8, 4) is 0 Å². The Morgan fingerprint density at radius 1 is 0.852 bits per heavy atom. The van der Waals surface area contributed by atoms with E-state index in [1.807, 2.05) is 0 Å². The van der Waals surface area contributed by atoms with Crippen molar-refractivity contribution in [3.63, 3.8) is 0 Å². The van der Waals surface area contributed by atoms with Gasteiger partial charge in [0, 0.05) is 5.56 Å². The molecule has 2 aromatic rings. The van der Waals surface area contributed by atoms with Gasteiger partial charge in [0.2, 0.25) is 0 Å². The molecule has 0 aliphatic carbocycles. The van der Waals surface area contributed by atoms with E-state index >= 15 is 0 Å². The number of hydrogen-bond donors (Lipinski definition) is 0. The van der Waals surface area contributed by atoms with Gasteiger partial charge in [-0.15, -0.1) is 0 Å². The van der Waals surface area contributed by atoms with Crippen LogP contribution in [0.5, 0.6) is 0 Å². The first kappa shape index (κ1) is 28.6. The third-order valence-corrected chi connectivity index (χ3v) is 3.92. The van der Waals surface area contributed by atoms with Crippen molar-refractivity contribution in [2.75, 3.05) is 0 Å². The molecule has 0 aliphatic rings. The van der Waals surface area contributed by atoms with Crippen LogP contribution in [0.2, 0.25) is 10.0 Å². The van der Waals surface area contributed by atoms with Gasteiger partial charge in [-0.1, -0.05) is 23.2 Å². The molecule has 2 aromatic carbocycles. The molecule has 0 heterocycles. The first-order valence-corrected chi connectivity index (χ1v) is 12.0. The normalized spacial score (nSPS) is 9.15. The Balaban J connectivity index is 0. The molecular formula is C18H16Cl4F2O2Zn. The maximum absolute atomic E-state index is 12.8. The monoisotopic (exact) mass is 506 g/mol. The van der Waals surface area contributed by atoms with Crippen molar-refractivity contribution in [2.45, 2.75) is 20.8 Å². The Hall–Kier alpha value is -0.577. The molecule has 2 nitrogen and oxygen atoms in total. The summed E-state index contributed by atoms with van der Waals surface area (Å²) in [6.45, 7) is 4.53. The van der Waals surface area contributed by atoms with E-state index in [0.717, 1.165) is 29.4 Å². The average molecular weight is 510 g/mol. The number of carbonyl (C=O) groups excluding carboxylic acids is 2. The van der Waals surface area contributed by atoms with E-state index in [1.165, 1.54) is 26.0 Å². The molecule has 0 fully saturated rings. The molecule has 9 heteroatoms. The molecule has 0 aromatic heterocycles. The Bertz CT molecular complexity index is 747. The summed E-state index contributed by atoms with van der Waals surface area (Å²) in [5, 5.41) is -0.466. The van der Waals surface area contributed by atoms with Gasteiger partial charge in [-0.05, 0) is 67.8 Å². The van der Waals surface area contributed by atoms with E-state index in [9.17, 15) is 18.4 Å². The summed E-state index contributed by atoms with van der Waals surface area (Å²) < 4.78 is 25.6. The van der Waals surface area contributed by atoms with Crippen LogP contribution >= 0.6 is 44.5 Å². The summed E-state index contributed by atoms with van der Waals surface area (Å²) in [6, 6.07) is 5.02. The van der Waals surface area contributed by atoms with Gasteiger partial charge in [0.25, 0.3) is 5.24 Å². The molecule has 0 radical (unpaired) electrons. The van der Waals surface area contributed by atoms with E-state index in [2.05, 4.69) is 0 Å². The fourth-order valence-corrected chi connectivity index (χ4v) is 2.46. The third kappa shape index (κ3) is 8.97. The fourth-order valence-electron chi connectivity index (χ4n) is 1.73. The van der Waals surface area contributed by atoms with Gasteiger partial charge in [0.1, 0.15) is 11.6 Å². The van der Waals surface area contributed by atoms with Crippen LogP contribution in [0.15, 0.2) is 24.3 Å². The van der Waals surface area contributed by atoms with Gasteiger partial charge < -0.3 is 7.43 Å². The van der Waals surface area contributed by atoms with E-state index in [-0.39, 0.29) is 34.6 Å². The Labute approximate surface area is 186 Å². The zero-order chi connectivity index (χ0) is 20.6. The summed E-state index contributed by atoms with van der Waals surface area (Å²) in [7, 11) is 4.76. The first-order valence-electron chi connectivity index (χ1n) is 6.93. The van der Waals surface area contributed by atoms with Crippen molar-refractivity contribution in [3.05, 3.63) is 75.6 Å². The van der Waals surface area contributed by atoms with E-state index in [4.69, 9.17) is 44.5 Å². The van der Waals surface area contributed by atoms with Gasteiger partial charge >= 0.3 is 27.0 Å². The molecule has 0 aliphatic heterocycles. The maximum atomic E-state index is 12.8. The third-order valence-electron chi connectivity index (χ3n) is 3.09. The summed E-state index contributed by atoms with van der Waals surface area (Å²) in [4.78, 5) is 21.6. The number of halogens is 6. The summed E-state index contributed by atoms with van der Waals surface area (Å²) >= 11 is 17.2. The number of carbonyl (C=O) groups is 2. The zero-order valence-electron chi connectivity index (χ0n) is 15.1. The van der Waals surface area contributed by atoms with Crippen molar-refractivity contribution in [1.82, 2.24) is 0 Å². The number of benzene rings is 2. The van der Waals surface area contributed by atoms with Crippen LogP contribution in [0, 0.1) is 32.9 Å². The molecule has 144 valence electrons. The van der Waals surface area contributed by atoms with Crippen LogP contribution < -0.4 is 0 Å². The van der Waals surface area contributed by atoms with Crippen LogP contribution in [0.1, 0.15) is 38.8 Å². The standard InChI is InChI=1S/C9H8ClFO.C8H5Cl2FO.CH3.ClH.Zn/c1-5-3-7(6(2)12)8(10)4-9(5)11;1-4-2-5(8(10)12)6(9)3-7(4)11;;;/h3-4H,1-2H3;2-3H,1H3;1H3;1H;/q;;-1;;+2/p-1. The number of ketones is 1. The summed E-state index contributed by atoms with van der Waals surface area (Å²) in [5.41, 5.74) is 1.29. The fraction of sp³-hybridized carbons (Fsp3) is 0.167. The van der Waals surface area contributed by atoms with Gasteiger partial charge in [-0.3, -0.25) is 9.59 Å². The molecular weight excluding hydrogens is 493 g/mol. The minimum absolute atomic E-state index is 0. The van der Waals surface area contributed by atoms with Crippen molar-refractivity contribution < 1.29 is 35.7 Å². The summed E-state index contributed by atoms with van der Waals surface area (Å²) in [5.74, 6) is -0.977.